The van der Waals surface area contributed by atoms with E-state index in [2.05, 4.69) is 80.9 Å². The van der Waals surface area contributed by atoms with Crippen LogP contribution in [0.4, 0.5) is 0 Å². The number of rotatable bonds is 4. The molecule has 0 nitrogen and oxygen atoms in total. The Balaban J connectivity index is 1.95. The SMILES string of the molecule is C=C/C(=C\C)C1CC(C2=CCCC=C2)P(C)C(c2ccccc2)C1. The van der Waals surface area contributed by atoms with Crippen LogP contribution in [0.3, 0.4) is 0 Å². The largest absolute Gasteiger partial charge is 0.0988 e. The Hall–Kier alpha value is -1.39. The van der Waals surface area contributed by atoms with Crippen molar-refractivity contribution < 1.29 is 0 Å². The first-order valence-electron chi connectivity index (χ1n) is 9.16. The van der Waals surface area contributed by atoms with E-state index in [0.717, 1.165) is 5.66 Å². The van der Waals surface area contributed by atoms with Gasteiger partial charge in [0.2, 0.25) is 0 Å². The summed E-state index contributed by atoms with van der Waals surface area (Å²) in [6, 6.07) is 11.2. The van der Waals surface area contributed by atoms with E-state index in [-0.39, 0.29) is 7.92 Å². The molecule has 1 aromatic carbocycles. The lowest BCUT2D eigenvalue weighted by atomic mass is 9.85. The van der Waals surface area contributed by atoms with Gasteiger partial charge in [-0.15, -0.1) is 0 Å². The maximum Gasteiger partial charge on any atom is 0.00506 e. The van der Waals surface area contributed by atoms with Crippen LogP contribution in [0.25, 0.3) is 0 Å². The molecule has 3 rings (SSSR count). The van der Waals surface area contributed by atoms with Crippen LogP contribution in [-0.2, 0) is 0 Å². The Labute approximate surface area is 148 Å². The first-order chi connectivity index (χ1) is 11.7. The summed E-state index contributed by atoms with van der Waals surface area (Å²) in [6.07, 6.45) is 16.6. The summed E-state index contributed by atoms with van der Waals surface area (Å²) in [7, 11) is -0.0601. The van der Waals surface area contributed by atoms with E-state index in [9.17, 15) is 0 Å². The lowest BCUT2D eigenvalue weighted by Crippen LogP contribution is -2.25. The summed E-state index contributed by atoms with van der Waals surface area (Å²) in [6.45, 7) is 8.76. The molecule has 0 amide bonds. The van der Waals surface area contributed by atoms with Gasteiger partial charge in [0, 0.05) is 11.3 Å². The van der Waals surface area contributed by atoms with Crippen molar-refractivity contribution in [1.82, 2.24) is 0 Å². The van der Waals surface area contributed by atoms with E-state index in [1.165, 1.54) is 36.8 Å². The van der Waals surface area contributed by atoms with Gasteiger partial charge in [-0.3, -0.25) is 0 Å². The van der Waals surface area contributed by atoms with Crippen LogP contribution in [-0.4, -0.2) is 12.3 Å². The highest BCUT2D eigenvalue weighted by molar-refractivity contribution is 7.58. The van der Waals surface area contributed by atoms with Crippen molar-refractivity contribution in [3.63, 3.8) is 0 Å². The normalized spacial score (nSPS) is 30.8. The second kappa shape index (κ2) is 8.13. The molecule has 0 N–H and O–H groups in total. The first-order valence-corrected chi connectivity index (χ1v) is 11.1. The van der Waals surface area contributed by atoms with Gasteiger partial charge in [-0.05, 0) is 61.9 Å². The minimum absolute atomic E-state index is 0.0601. The summed E-state index contributed by atoms with van der Waals surface area (Å²) in [5.41, 5.74) is 5.97. The maximum absolute atomic E-state index is 4.07. The molecule has 1 saturated heterocycles. The van der Waals surface area contributed by atoms with Gasteiger partial charge in [-0.1, -0.05) is 75.2 Å². The van der Waals surface area contributed by atoms with Gasteiger partial charge in [0.15, 0.2) is 0 Å². The molecular formula is C23H29P. The van der Waals surface area contributed by atoms with Crippen molar-refractivity contribution >= 4 is 7.92 Å². The molecule has 0 aromatic heterocycles. The molecule has 1 heterocycles. The minimum Gasteiger partial charge on any atom is -0.0988 e. The lowest BCUT2D eigenvalue weighted by Gasteiger charge is -2.42. The molecule has 0 saturated carbocycles. The van der Waals surface area contributed by atoms with E-state index < -0.39 is 0 Å². The van der Waals surface area contributed by atoms with Crippen molar-refractivity contribution in [2.24, 2.45) is 5.92 Å². The van der Waals surface area contributed by atoms with Gasteiger partial charge in [-0.2, -0.15) is 0 Å². The van der Waals surface area contributed by atoms with E-state index in [1.807, 2.05) is 0 Å². The third kappa shape index (κ3) is 3.65. The predicted octanol–water partition coefficient (Wildman–Crippen LogP) is 7.03. The van der Waals surface area contributed by atoms with E-state index in [1.54, 1.807) is 5.57 Å². The molecule has 1 aromatic rings. The molecule has 1 aliphatic carbocycles. The van der Waals surface area contributed by atoms with Crippen molar-refractivity contribution in [1.29, 1.82) is 0 Å². The summed E-state index contributed by atoms with van der Waals surface area (Å²) in [5, 5.41) is 0. The third-order valence-corrected chi connectivity index (χ3v) is 8.62. The summed E-state index contributed by atoms with van der Waals surface area (Å²) < 4.78 is 0. The lowest BCUT2D eigenvalue weighted by molar-refractivity contribution is 0.495. The molecule has 4 unspecified atom stereocenters. The van der Waals surface area contributed by atoms with Gasteiger partial charge < -0.3 is 0 Å². The third-order valence-electron chi connectivity index (χ3n) is 5.63. The molecule has 2 aliphatic rings. The quantitative estimate of drug-likeness (QED) is 0.409. The zero-order valence-corrected chi connectivity index (χ0v) is 15.9. The van der Waals surface area contributed by atoms with E-state index in [0.29, 0.717) is 11.6 Å². The average molecular weight is 336 g/mol. The fourth-order valence-corrected chi connectivity index (χ4v) is 7.19. The molecule has 4 atom stereocenters. The highest BCUT2D eigenvalue weighted by Gasteiger charge is 2.37. The monoisotopic (exact) mass is 336 g/mol. The van der Waals surface area contributed by atoms with Crippen LogP contribution in [0.15, 0.2) is 78.4 Å². The van der Waals surface area contributed by atoms with Crippen molar-refractivity contribution in [3.8, 4) is 0 Å². The molecule has 1 aliphatic heterocycles. The minimum atomic E-state index is -0.0601. The van der Waals surface area contributed by atoms with E-state index >= 15 is 0 Å². The van der Waals surface area contributed by atoms with Gasteiger partial charge in [0.05, 0.1) is 0 Å². The summed E-state index contributed by atoms with van der Waals surface area (Å²) in [4.78, 5) is 0. The molecule has 1 heteroatoms. The number of benzene rings is 1. The van der Waals surface area contributed by atoms with Gasteiger partial charge in [0.25, 0.3) is 0 Å². The Morgan fingerprint density at radius 1 is 1.12 bits per heavy atom. The van der Waals surface area contributed by atoms with Crippen molar-refractivity contribution in [2.75, 3.05) is 6.66 Å². The molecule has 0 spiro atoms. The van der Waals surface area contributed by atoms with Gasteiger partial charge >= 0.3 is 0 Å². The van der Waals surface area contributed by atoms with Crippen LogP contribution in [0.5, 0.6) is 0 Å². The van der Waals surface area contributed by atoms with Crippen LogP contribution in [0.2, 0.25) is 0 Å². The highest BCUT2D eigenvalue weighted by atomic mass is 31.1. The van der Waals surface area contributed by atoms with Crippen LogP contribution in [0.1, 0.15) is 43.8 Å². The number of hydrogen-bond donors (Lipinski definition) is 0. The van der Waals surface area contributed by atoms with Crippen LogP contribution in [0, 0.1) is 5.92 Å². The average Bonchev–Trinajstić information content (AvgIpc) is 2.65. The van der Waals surface area contributed by atoms with Crippen LogP contribution >= 0.6 is 7.92 Å². The summed E-state index contributed by atoms with van der Waals surface area (Å²) >= 11 is 0. The second-order valence-corrected chi connectivity index (χ2v) is 9.53. The smallest absolute Gasteiger partial charge is 0.00506 e. The molecule has 0 radical (unpaired) electrons. The molecule has 1 fully saturated rings. The first kappa shape index (κ1) is 17.4. The van der Waals surface area contributed by atoms with Crippen molar-refractivity contribution in [3.05, 3.63) is 84.0 Å². The molecule has 0 bridgehead atoms. The fourth-order valence-electron chi connectivity index (χ4n) is 4.28. The van der Waals surface area contributed by atoms with E-state index in [4.69, 9.17) is 0 Å². The second-order valence-electron chi connectivity index (χ2n) is 6.95. The summed E-state index contributed by atoms with van der Waals surface area (Å²) in [5.74, 6) is 0.637. The number of hydrogen-bond acceptors (Lipinski definition) is 0. The zero-order valence-electron chi connectivity index (χ0n) is 15.0. The Kier molecular flexibility index (Phi) is 5.90. The Bertz CT molecular complexity index is 650. The molecule has 126 valence electrons. The van der Waals surface area contributed by atoms with Gasteiger partial charge in [0.1, 0.15) is 0 Å². The fraction of sp³-hybridized carbons (Fsp3) is 0.391. The Morgan fingerprint density at radius 3 is 2.50 bits per heavy atom. The number of allylic oxidation sites excluding steroid dienone is 7. The predicted molar refractivity (Wildman–Crippen MR) is 109 cm³/mol. The van der Waals surface area contributed by atoms with Crippen molar-refractivity contribution in [2.45, 2.75) is 43.9 Å². The topological polar surface area (TPSA) is 0 Å². The zero-order chi connectivity index (χ0) is 16.9. The standard InChI is InChI=1S/C23H29P/c1-4-18(5-2)21-16-22(19-12-8-6-9-13-19)24(3)23(17-21)20-14-10-7-11-15-20/h4-6,8-10,12-15,21-23H,1,7,11,16-17H2,2-3H3/b18-5+. The molecular weight excluding hydrogens is 307 g/mol. The maximum atomic E-state index is 4.07. The van der Waals surface area contributed by atoms with Crippen LogP contribution < -0.4 is 0 Å². The van der Waals surface area contributed by atoms with Gasteiger partial charge in [-0.25, -0.2) is 0 Å². The molecule has 24 heavy (non-hydrogen) atoms. The Morgan fingerprint density at radius 2 is 1.88 bits per heavy atom. The highest BCUT2D eigenvalue weighted by Crippen LogP contribution is 2.63.